The second-order valence-electron chi connectivity index (χ2n) is 12.7. The predicted octanol–water partition coefficient (Wildman–Crippen LogP) is 8.17. The van der Waals surface area contributed by atoms with Gasteiger partial charge in [-0.1, -0.05) is 42.8 Å². The minimum atomic E-state index is -4.45. The van der Waals surface area contributed by atoms with Crippen molar-refractivity contribution >= 4 is 11.9 Å². The first kappa shape index (κ1) is 43.2. The summed E-state index contributed by atoms with van der Waals surface area (Å²) in [7, 11) is 1.24. The molecule has 2 aliphatic rings. The number of hydrogen-bond acceptors (Lipinski definition) is 8. The van der Waals surface area contributed by atoms with Crippen LogP contribution in [0.25, 0.3) is 0 Å². The molecule has 4 unspecified atom stereocenters. The quantitative estimate of drug-likeness (QED) is 0.0441. The Morgan fingerprint density at radius 3 is 1.62 bits per heavy atom. The Morgan fingerprint density at radius 1 is 0.750 bits per heavy atom. The zero-order valence-corrected chi connectivity index (χ0v) is 29.4. The minimum absolute atomic E-state index is 0.163. The number of hydrogen-bond donors (Lipinski definition) is 2. The molecule has 2 aliphatic heterocycles. The van der Waals surface area contributed by atoms with E-state index >= 15 is 0 Å². The van der Waals surface area contributed by atoms with Crippen LogP contribution in [0, 0.1) is 0 Å². The number of esters is 1. The van der Waals surface area contributed by atoms with E-state index in [-0.39, 0.29) is 12.6 Å². The van der Waals surface area contributed by atoms with Crippen LogP contribution >= 0.6 is 0 Å². The minimum Gasteiger partial charge on any atom is -0.469 e. The van der Waals surface area contributed by atoms with Gasteiger partial charge in [0, 0.05) is 26.4 Å². The summed E-state index contributed by atoms with van der Waals surface area (Å²) in [4.78, 5) is 24.0. The molecule has 4 rings (SSSR count). The summed E-state index contributed by atoms with van der Waals surface area (Å²) in [6, 6.07) is 9.68. The smallest absolute Gasteiger partial charge is 0.416 e. The van der Waals surface area contributed by atoms with Gasteiger partial charge in [-0.25, -0.2) is 5.84 Å². The first-order chi connectivity index (χ1) is 24.8. The molecule has 0 aromatic heterocycles. The standard InChI is InChI=1S/C19H25F3O4.C18H25F3N2O3/c1-24-18(23)16(14-7-6-8-15(13-14)19(20,21)22)9-2-4-11-25-17-10-3-5-12-26-17;19-18(20,21)14-7-5-6-13(12-14)15(17(24)23-22)8-1-3-10-25-16-9-2-4-11-26-16/h6-8,13,16-17H,2-5,9-12H2,1H3;5-7,12,15-16H,1-4,8-11,22H2,(H,23,24). The number of nitrogens with one attached hydrogen (secondary N) is 1. The van der Waals surface area contributed by atoms with Crippen molar-refractivity contribution in [2.75, 3.05) is 33.5 Å². The van der Waals surface area contributed by atoms with Gasteiger partial charge in [0.2, 0.25) is 5.91 Å². The fraction of sp³-hybridized carbons (Fsp3) is 0.622. The average molecular weight is 749 g/mol. The number of unbranched alkanes of at least 4 members (excludes halogenated alkanes) is 2. The molecule has 0 saturated carbocycles. The topological polar surface area (TPSA) is 118 Å². The molecule has 9 nitrogen and oxygen atoms in total. The monoisotopic (exact) mass is 748 g/mol. The Morgan fingerprint density at radius 2 is 1.21 bits per heavy atom. The predicted molar refractivity (Wildman–Crippen MR) is 180 cm³/mol. The van der Waals surface area contributed by atoms with E-state index in [0.717, 1.165) is 62.8 Å². The SMILES string of the molecule is COC(=O)C(CCCCOC1CCCCO1)c1cccc(C(F)(F)F)c1.NNC(=O)C(CCCCOC1CCCCO1)c1cccc(C(F)(F)F)c1. The number of rotatable bonds is 16. The number of methoxy groups -OCH3 is 1. The van der Waals surface area contributed by atoms with Crippen molar-refractivity contribution in [2.45, 2.75) is 114 Å². The van der Waals surface area contributed by atoms with Crippen molar-refractivity contribution in [1.82, 2.24) is 5.43 Å². The number of ether oxygens (including phenoxy) is 5. The molecule has 0 aliphatic carbocycles. The number of halogens is 6. The lowest BCUT2D eigenvalue weighted by molar-refractivity contribution is -0.163. The zero-order chi connectivity index (χ0) is 38.0. The fourth-order valence-corrected chi connectivity index (χ4v) is 5.99. The number of nitrogens with two attached hydrogens (primary N) is 1. The van der Waals surface area contributed by atoms with Crippen LogP contribution in [0.4, 0.5) is 26.3 Å². The second-order valence-corrected chi connectivity index (χ2v) is 12.7. The summed E-state index contributed by atoms with van der Waals surface area (Å²) in [5.74, 6) is 2.73. The van der Waals surface area contributed by atoms with Gasteiger partial charge in [0.05, 0.1) is 30.1 Å². The lowest BCUT2D eigenvalue weighted by Crippen LogP contribution is -2.35. The van der Waals surface area contributed by atoms with Gasteiger partial charge < -0.3 is 23.7 Å². The van der Waals surface area contributed by atoms with E-state index < -0.39 is 47.2 Å². The fourth-order valence-electron chi connectivity index (χ4n) is 5.99. The van der Waals surface area contributed by atoms with Gasteiger partial charge in [0.1, 0.15) is 0 Å². The summed E-state index contributed by atoms with van der Waals surface area (Å²) < 4.78 is 104. The van der Waals surface area contributed by atoms with E-state index in [1.807, 2.05) is 5.43 Å². The molecule has 4 atom stereocenters. The van der Waals surface area contributed by atoms with Crippen LogP contribution in [0.3, 0.4) is 0 Å². The van der Waals surface area contributed by atoms with Gasteiger partial charge in [0.15, 0.2) is 12.6 Å². The molecule has 0 radical (unpaired) electrons. The van der Waals surface area contributed by atoms with Gasteiger partial charge in [-0.15, -0.1) is 0 Å². The van der Waals surface area contributed by atoms with Gasteiger partial charge in [-0.3, -0.25) is 15.0 Å². The maximum atomic E-state index is 12.9. The molecular weight excluding hydrogens is 698 g/mol. The van der Waals surface area contributed by atoms with E-state index in [9.17, 15) is 35.9 Å². The number of hydrazine groups is 1. The summed E-state index contributed by atoms with van der Waals surface area (Å²) >= 11 is 0. The van der Waals surface area contributed by atoms with Gasteiger partial charge >= 0.3 is 18.3 Å². The Kier molecular flexibility index (Phi) is 18.3. The molecule has 1 amide bonds. The Labute approximate surface area is 300 Å². The Bertz CT molecular complexity index is 1250. The number of benzene rings is 2. The number of alkyl halides is 6. The average Bonchev–Trinajstić information content (AvgIpc) is 3.14. The number of carbonyl (C=O) groups excluding carboxylic acids is 2. The van der Waals surface area contributed by atoms with Crippen LogP contribution in [0.1, 0.15) is 111 Å². The zero-order valence-electron chi connectivity index (χ0n) is 29.4. The molecule has 3 N–H and O–H groups in total. The summed E-state index contributed by atoms with van der Waals surface area (Å²) in [6.07, 6.45) is 0.258. The molecule has 0 spiro atoms. The van der Waals surface area contributed by atoms with Crippen molar-refractivity contribution in [3.05, 3.63) is 70.8 Å². The molecule has 2 heterocycles. The highest BCUT2D eigenvalue weighted by atomic mass is 19.4. The van der Waals surface area contributed by atoms with E-state index in [1.165, 1.54) is 31.4 Å². The van der Waals surface area contributed by atoms with E-state index in [0.29, 0.717) is 76.1 Å². The maximum Gasteiger partial charge on any atom is 0.416 e. The molecule has 2 aromatic carbocycles. The first-order valence-electron chi connectivity index (χ1n) is 17.7. The molecular formula is C37H50F6N2O7. The largest absolute Gasteiger partial charge is 0.469 e. The van der Waals surface area contributed by atoms with Crippen molar-refractivity contribution < 1.29 is 59.6 Å². The van der Waals surface area contributed by atoms with Crippen molar-refractivity contribution in [3.8, 4) is 0 Å². The first-order valence-corrected chi connectivity index (χ1v) is 17.7. The molecule has 15 heteroatoms. The number of amides is 1. The summed E-state index contributed by atoms with van der Waals surface area (Å²) in [5, 5.41) is 0. The van der Waals surface area contributed by atoms with Crippen LogP contribution in [0.5, 0.6) is 0 Å². The molecule has 52 heavy (non-hydrogen) atoms. The Hall–Kier alpha value is -3.24. The van der Waals surface area contributed by atoms with Crippen LogP contribution in [0.2, 0.25) is 0 Å². The summed E-state index contributed by atoms with van der Waals surface area (Å²) in [5.41, 5.74) is 1.13. The normalized spacial score (nSPS) is 19.2. The third-order valence-electron chi connectivity index (χ3n) is 8.83. The van der Waals surface area contributed by atoms with Crippen molar-refractivity contribution in [2.24, 2.45) is 5.84 Å². The van der Waals surface area contributed by atoms with Crippen molar-refractivity contribution in [1.29, 1.82) is 0 Å². The third-order valence-corrected chi connectivity index (χ3v) is 8.83. The third kappa shape index (κ3) is 15.0. The van der Waals surface area contributed by atoms with E-state index in [4.69, 9.17) is 29.5 Å². The Balaban J connectivity index is 0.000000280. The summed E-state index contributed by atoms with van der Waals surface area (Å²) in [6.45, 7) is 2.41. The second kappa shape index (κ2) is 22.1. The highest BCUT2D eigenvalue weighted by Crippen LogP contribution is 2.34. The number of carbonyl (C=O) groups is 2. The molecule has 2 saturated heterocycles. The highest BCUT2D eigenvalue weighted by Gasteiger charge is 2.33. The van der Waals surface area contributed by atoms with E-state index in [2.05, 4.69) is 0 Å². The highest BCUT2D eigenvalue weighted by molar-refractivity contribution is 5.83. The van der Waals surface area contributed by atoms with Gasteiger partial charge in [-0.2, -0.15) is 26.3 Å². The van der Waals surface area contributed by atoms with Crippen LogP contribution in [-0.2, 0) is 45.6 Å². The van der Waals surface area contributed by atoms with Crippen LogP contribution in [0.15, 0.2) is 48.5 Å². The molecule has 2 fully saturated rings. The lowest BCUT2D eigenvalue weighted by atomic mass is 9.91. The van der Waals surface area contributed by atoms with Crippen LogP contribution < -0.4 is 11.3 Å². The van der Waals surface area contributed by atoms with Crippen molar-refractivity contribution in [3.63, 3.8) is 0 Å². The van der Waals surface area contributed by atoms with Gasteiger partial charge in [-0.05, 0) is 93.9 Å². The van der Waals surface area contributed by atoms with Crippen LogP contribution in [-0.4, -0.2) is 58.0 Å². The molecule has 2 aromatic rings. The van der Waals surface area contributed by atoms with Gasteiger partial charge in [0.25, 0.3) is 0 Å². The molecule has 0 bridgehead atoms. The maximum absolute atomic E-state index is 12.9. The lowest BCUT2D eigenvalue weighted by Gasteiger charge is -2.23. The molecule has 292 valence electrons. The van der Waals surface area contributed by atoms with E-state index in [1.54, 1.807) is 0 Å².